The quantitative estimate of drug-likeness (QED) is 0.0280. The number of nitrogens with zero attached hydrogens (tertiary/aromatic N) is 2. The molecule has 0 aliphatic heterocycles. The fraction of sp³-hybridized carbons (Fsp3) is 0.933. The van der Waals surface area contributed by atoms with Gasteiger partial charge in [-0.2, -0.15) is 0 Å². The summed E-state index contributed by atoms with van der Waals surface area (Å²) in [5, 5.41) is 47.1. The highest BCUT2D eigenvalue weighted by Crippen LogP contribution is 2.19. The molecular formula is C75H147N3O18. The number of ether oxygens (including phenoxy) is 11. The Bertz CT molecular complexity index is 1660. The van der Waals surface area contributed by atoms with E-state index < -0.39 is 24.1 Å². The highest BCUT2D eigenvalue weighted by atomic mass is 16.6. The molecule has 0 bridgehead atoms. The zero-order valence-electron chi connectivity index (χ0n) is 62.0. The van der Waals surface area contributed by atoms with Gasteiger partial charge in [0.15, 0.2) is 0 Å². The van der Waals surface area contributed by atoms with Gasteiger partial charge in [-0.05, 0) is 64.8 Å². The number of carboxylic acids is 1. The lowest BCUT2D eigenvalue weighted by molar-refractivity contribution is -0.134. The van der Waals surface area contributed by atoms with Crippen molar-refractivity contribution in [2.45, 2.75) is 264 Å². The molecule has 0 radical (unpaired) electrons. The average Bonchev–Trinajstić information content (AvgIpc) is 0.954. The number of aliphatic hydroxyl groups is 3. The number of unbranched alkanes of at least 4 members (excludes halogenated alkanes) is 22. The van der Waals surface area contributed by atoms with Crippen LogP contribution in [0.15, 0.2) is 11.1 Å². The van der Waals surface area contributed by atoms with E-state index in [1.54, 1.807) is 12.0 Å². The number of ketones is 1. The lowest BCUT2D eigenvalue weighted by Crippen LogP contribution is -2.45. The minimum atomic E-state index is -1.23. The van der Waals surface area contributed by atoms with Gasteiger partial charge in [-0.15, -0.1) is 0 Å². The van der Waals surface area contributed by atoms with Crippen LogP contribution in [0, 0.1) is 0 Å². The van der Waals surface area contributed by atoms with Gasteiger partial charge >= 0.3 is 5.97 Å². The van der Waals surface area contributed by atoms with Crippen molar-refractivity contribution in [3.63, 3.8) is 0 Å². The summed E-state index contributed by atoms with van der Waals surface area (Å²) in [4.78, 5) is 44.4. The predicted molar refractivity (Wildman–Crippen MR) is 383 cm³/mol. The van der Waals surface area contributed by atoms with Crippen molar-refractivity contribution in [3.8, 4) is 0 Å². The van der Waals surface area contributed by atoms with Gasteiger partial charge in [-0.3, -0.25) is 9.59 Å². The van der Waals surface area contributed by atoms with Crippen molar-refractivity contribution in [1.29, 1.82) is 0 Å². The summed E-state index contributed by atoms with van der Waals surface area (Å²) >= 11 is 0. The van der Waals surface area contributed by atoms with E-state index in [0.29, 0.717) is 178 Å². The summed E-state index contributed by atoms with van der Waals surface area (Å²) < 4.78 is 60.2. The summed E-state index contributed by atoms with van der Waals surface area (Å²) in [6.45, 7) is 21.5. The predicted octanol–water partition coefficient (Wildman–Crippen LogP) is 11.9. The zero-order valence-corrected chi connectivity index (χ0v) is 62.0. The number of hydrogen-bond acceptors (Lipinski definition) is 19. The largest absolute Gasteiger partial charge is 0.478 e. The highest BCUT2D eigenvalue weighted by Gasteiger charge is 2.25. The van der Waals surface area contributed by atoms with Gasteiger partial charge in [0, 0.05) is 77.0 Å². The summed E-state index contributed by atoms with van der Waals surface area (Å²) in [7, 11) is 1.64. The van der Waals surface area contributed by atoms with Crippen molar-refractivity contribution in [1.82, 2.24) is 15.1 Å². The second kappa shape index (κ2) is 75.4. The number of aliphatic hydroxyl groups excluding tert-OH is 3. The van der Waals surface area contributed by atoms with Crippen molar-refractivity contribution >= 4 is 17.7 Å². The first-order valence-electron chi connectivity index (χ1n) is 38.5. The number of carbonyl (C=O) groups is 3. The van der Waals surface area contributed by atoms with Crippen LogP contribution in [0.4, 0.5) is 0 Å². The molecule has 96 heavy (non-hydrogen) atoms. The molecule has 3 atom stereocenters. The molecule has 21 heteroatoms. The number of carboxylic acid groups (broad SMARTS) is 1. The van der Waals surface area contributed by atoms with E-state index in [4.69, 9.17) is 52.1 Å². The second-order valence-corrected chi connectivity index (χ2v) is 25.7. The molecule has 0 aromatic heterocycles. The minimum Gasteiger partial charge on any atom is -0.478 e. The van der Waals surface area contributed by atoms with Gasteiger partial charge in [0.25, 0.3) is 0 Å². The molecule has 570 valence electrons. The summed E-state index contributed by atoms with van der Waals surface area (Å²) in [5.74, 6) is -1.78. The number of methoxy groups -OCH3 is 1. The molecule has 1 amide bonds. The van der Waals surface area contributed by atoms with E-state index >= 15 is 0 Å². The van der Waals surface area contributed by atoms with Gasteiger partial charge in [0.2, 0.25) is 5.91 Å². The first kappa shape index (κ1) is 93.7. The molecule has 0 spiro atoms. The third-order valence-electron chi connectivity index (χ3n) is 17.0. The van der Waals surface area contributed by atoms with E-state index in [-0.39, 0.29) is 55.4 Å². The van der Waals surface area contributed by atoms with E-state index in [1.165, 1.54) is 116 Å². The Morgan fingerprint density at radius 2 is 0.708 bits per heavy atom. The van der Waals surface area contributed by atoms with Crippen LogP contribution in [0.3, 0.4) is 0 Å². The van der Waals surface area contributed by atoms with Gasteiger partial charge in [0.1, 0.15) is 5.78 Å². The maximum atomic E-state index is 14.5. The van der Waals surface area contributed by atoms with Crippen LogP contribution in [0.2, 0.25) is 0 Å². The van der Waals surface area contributed by atoms with Crippen LogP contribution in [0.1, 0.15) is 246 Å². The Kier molecular flexibility index (Phi) is 73.6. The highest BCUT2D eigenvalue weighted by molar-refractivity contribution is 6.02. The average molecular weight is 1380 g/mol. The van der Waals surface area contributed by atoms with Crippen molar-refractivity contribution < 1.29 is 86.9 Å². The van der Waals surface area contributed by atoms with Crippen LogP contribution in [0.25, 0.3) is 0 Å². The first-order valence-corrected chi connectivity index (χ1v) is 38.5. The topological polar surface area (TPSA) is 252 Å². The van der Waals surface area contributed by atoms with Crippen LogP contribution < -0.4 is 5.32 Å². The molecule has 0 aliphatic rings. The van der Waals surface area contributed by atoms with E-state index in [2.05, 4.69) is 31.0 Å². The van der Waals surface area contributed by atoms with E-state index in [0.717, 1.165) is 83.6 Å². The standard InChI is InChI=1S/C75H147N3O18/c1-6-9-12-15-18-21-24-27-33-69(79)34-30-31-41-77(42-40-76-66-71(81)35-28-25-22-19-16-13-10-7-2)43-44-78(67-72(82)36-29-26-23-20-17-14-11-8-3)74(83)68(4)73(75(84)85)39-38-70(80)37-32-45-87-48-49-89-52-53-91-56-57-93-60-61-95-64-65-96-63-62-94-59-58-92-55-54-90-51-50-88-47-46-86-5/h69,71-72,76,79,81-82H,6-67H2,1-5H3,(H,84,85)/b73-68-. The Balaban J connectivity index is 5.03. The fourth-order valence-electron chi connectivity index (χ4n) is 11.0. The molecule has 5 N–H and O–H groups in total. The van der Waals surface area contributed by atoms with Crippen LogP contribution in [0.5, 0.6) is 0 Å². The first-order chi connectivity index (χ1) is 47.0. The molecule has 0 fully saturated rings. The van der Waals surface area contributed by atoms with Crippen molar-refractivity contribution in [3.05, 3.63) is 11.1 Å². The molecule has 0 aromatic rings. The van der Waals surface area contributed by atoms with Gasteiger partial charge in [0.05, 0.1) is 150 Å². The number of hydrogen-bond donors (Lipinski definition) is 5. The molecule has 0 saturated carbocycles. The van der Waals surface area contributed by atoms with Gasteiger partial charge in [-0.25, -0.2) is 4.79 Å². The van der Waals surface area contributed by atoms with E-state index in [9.17, 15) is 34.8 Å². The Labute approximate surface area is 584 Å². The zero-order chi connectivity index (χ0) is 70.1. The van der Waals surface area contributed by atoms with Crippen LogP contribution in [-0.2, 0) is 66.5 Å². The van der Waals surface area contributed by atoms with Crippen LogP contribution in [-0.4, -0.2) is 258 Å². The third-order valence-corrected chi connectivity index (χ3v) is 17.0. The van der Waals surface area contributed by atoms with Crippen molar-refractivity contribution in [2.75, 3.05) is 192 Å². The summed E-state index contributed by atoms with van der Waals surface area (Å²) in [6, 6.07) is 0. The Morgan fingerprint density at radius 3 is 1.09 bits per heavy atom. The third kappa shape index (κ3) is 66.3. The maximum absolute atomic E-state index is 14.5. The van der Waals surface area contributed by atoms with Gasteiger partial charge in [-0.1, -0.05) is 175 Å². The van der Waals surface area contributed by atoms with Crippen LogP contribution >= 0.6 is 0 Å². The molecular weight excluding hydrogens is 1230 g/mol. The number of nitrogens with one attached hydrogen (secondary N) is 1. The lowest BCUT2D eigenvalue weighted by Gasteiger charge is -2.30. The molecule has 0 aliphatic carbocycles. The SMILES string of the molecule is CCCCCCCCCCC(O)CCCCN(CCNCC(O)CCCCCCCCCC)CCN(CC(O)CCCCCCCCCC)C(=O)/C(C)=C(/CCC(=O)CCCOCCOCCOCCOCCOCCOCCOCCOCCOCCOCCOC)C(=O)O. The maximum Gasteiger partial charge on any atom is 0.332 e. The summed E-state index contributed by atoms with van der Waals surface area (Å²) in [6.07, 6.45) is 32.4. The molecule has 0 rings (SSSR count). The van der Waals surface area contributed by atoms with E-state index in [1.807, 2.05) is 0 Å². The molecule has 3 unspecified atom stereocenters. The lowest BCUT2D eigenvalue weighted by atomic mass is 10.00. The molecule has 0 heterocycles. The molecule has 0 saturated heterocycles. The van der Waals surface area contributed by atoms with Gasteiger partial charge < -0.3 is 87.6 Å². The van der Waals surface area contributed by atoms with Crippen molar-refractivity contribution in [2.24, 2.45) is 0 Å². The normalized spacial score (nSPS) is 13.1. The Hall–Kier alpha value is -2.29. The smallest absolute Gasteiger partial charge is 0.332 e. The Morgan fingerprint density at radius 1 is 0.365 bits per heavy atom. The second-order valence-electron chi connectivity index (χ2n) is 25.7. The minimum absolute atomic E-state index is 0.0190. The molecule has 0 aromatic carbocycles. The number of carbonyl (C=O) groups excluding carboxylic acids is 2. The number of Topliss-reactive ketones (excluding diaryl/α,β-unsaturated/α-hetero) is 1. The number of aliphatic carboxylic acids is 1. The fourth-order valence-corrected chi connectivity index (χ4v) is 11.0. The number of amides is 1. The number of rotatable bonds is 81. The summed E-state index contributed by atoms with van der Waals surface area (Å²) in [5.41, 5.74) is -0.0125. The monoisotopic (exact) mass is 1380 g/mol. The molecule has 21 nitrogen and oxygen atoms in total.